The summed E-state index contributed by atoms with van der Waals surface area (Å²) in [6.07, 6.45) is 8.02. The molecule has 1 amide bonds. The van der Waals surface area contributed by atoms with Gasteiger partial charge in [-0.2, -0.15) is 0 Å². The van der Waals surface area contributed by atoms with E-state index in [9.17, 15) is 9.59 Å². The third-order valence-corrected chi connectivity index (χ3v) is 3.33. The maximum absolute atomic E-state index is 11.4. The number of alkyl carbamates (subject to hydrolysis) is 1. The Balaban J connectivity index is 4.22. The molecule has 5 nitrogen and oxygen atoms in total. The van der Waals surface area contributed by atoms with Crippen molar-refractivity contribution in [3.63, 3.8) is 0 Å². The van der Waals surface area contributed by atoms with Crippen LogP contribution in [0.3, 0.4) is 0 Å². The van der Waals surface area contributed by atoms with Crippen molar-refractivity contribution in [3.8, 4) is 0 Å². The first-order valence-corrected chi connectivity index (χ1v) is 7.89. The van der Waals surface area contributed by atoms with E-state index in [4.69, 9.17) is 9.84 Å². The lowest BCUT2D eigenvalue weighted by atomic mass is 10.1. The number of nitrogens with one attached hydrogen (secondary N) is 1. The average Bonchev–Trinajstić information content (AvgIpc) is 2.44. The number of carbonyl (C=O) groups excluding carboxylic acids is 1. The van der Waals surface area contributed by atoms with Crippen LogP contribution in [0.15, 0.2) is 11.3 Å². The summed E-state index contributed by atoms with van der Waals surface area (Å²) in [7, 11) is 0. The molecule has 0 saturated carbocycles. The van der Waals surface area contributed by atoms with Gasteiger partial charge in [0.25, 0.3) is 0 Å². The standard InChI is InChI=1S/C16H29NO4/c1-4-6-7-8-9-10-11-12-14(13(3)15(18)19)17-16(20)21-5-2/h4-12H2,1-3H3,(H,17,20)(H,18,19). The normalized spacial score (nSPS) is 11.8. The van der Waals surface area contributed by atoms with Crippen molar-refractivity contribution in [1.29, 1.82) is 0 Å². The Morgan fingerprint density at radius 3 is 2.10 bits per heavy atom. The van der Waals surface area contributed by atoms with Crippen molar-refractivity contribution in [2.24, 2.45) is 0 Å². The molecule has 0 rings (SSSR count). The first kappa shape index (κ1) is 19.5. The van der Waals surface area contributed by atoms with Crippen molar-refractivity contribution in [2.75, 3.05) is 6.61 Å². The molecule has 0 heterocycles. The van der Waals surface area contributed by atoms with Gasteiger partial charge >= 0.3 is 12.1 Å². The fourth-order valence-corrected chi connectivity index (χ4v) is 2.02. The van der Waals surface area contributed by atoms with E-state index in [-0.39, 0.29) is 12.2 Å². The summed E-state index contributed by atoms with van der Waals surface area (Å²) in [6.45, 7) is 5.67. The van der Waals surface area contributed by atoms with Crippen LogP contribution in [-0.2, 0) is 9.53 Å². The lowest BCUT2D eigenvalue weighted by Gasteiger charge is -2.12. The minimum Gasteiger partial charge on any atom is -0.478 e. The molecule has 0 aliphatic carbocycles. The Morgan fingerprint density at radius 1 is 1.00 bits per heavy atom. The van der Waals surface area contributed by atoms with E-state index in [1.807, 2.05) is 0 Å². The maximum atomic E-state index is 11.4. The summed E-state index contributed by atoms with van der Waals surface area (Å²) in [5.41, 5.74) is 0.628. The van der Waals surface area contributed by atoms with E-state index in [0.717, 1.165) is 19.3 Å². The highest BCUT2D eigenvalue weighted by atomic mass is 16.5. The van der Waals surface area contributed by atoms with Gasteiger partial charge in [0.05, 0.1) is 12.2 Å². The first-order chi connectivity index (χ1) is 10.0. The van der Waals surface area contributed by atoms with Crippen molar-refractivity contribution in [2.45, 2.75) is 72.1 Å². The van der Waals surface area contributed by atoms with E-state index >= 15 is 0 Å². The van der Waals surface area contributed by atoms with Gasteiger partial charge in [-0.05, 0) is 26.7 Å². The molecule has 21 heavy (non-hydrogen) atoms. The van der Waals surface area contributed by atoms with Crippen LogP contribution >= 0.6 is 0 Å². The highest BCUT2D eigenvalue weighted by molar-refractivity contribution is 5.87. The van der Waals surface area contributed by atoms with Crippen LogP contribution in [0.25, 0.3) is 0 Å². The zero-order valence-electron chi connectivity index (χ0n) is 13.5. The molecule has 122 valence electrons. The Kier molecular flexibility index (Phi) is 11.4. The third-order valence-electron chi connectivity index (χ3n) is 3.33. The minimum absolute atomic E-state index is 0.175. The fourth-order valence-electron chi connectivity index (χ4n) is 2.02. The molecular weight excluding hydrogens is 270 g/mol. The van der Waals surface area contributed by atoms with Gasteiger partial charge in [-0.1, -0.05) is 45.4 Å². The van der Waals surface area contributed by atoms with Crippen molar-refractivity contribution in [1.82, 2.24) is 5.32 Å². The Bertz CT molecular complexity index is 350. The lowest BCUT2D eigenvalue weighted by molar-refractivity contribution is -0.132. The maximum Gasteiger partial charge on any atom is 0.411 e. The number of rotatable bonds is 11. The first-order valence-electron chi connectivity index (χ1n) is 7.89. The number of carbonyl (C=O) groups is 2. The number of unbranched alkanes of at least 4 members (excludes halogenated alkanes) is 6. The number of carboxylic acid groups (broad SMARTS) is 1. The monoisotopic (exact) mass is 299 g/mol. The SMILES string of the molecule is CCCCCCCCCC(NC(=O)OCC)=C(C)C(=O)O. The van der Waals surface area contributed by atoms with Crippen molar-refractivity contribution in [3.05, 3.63) is 11.3 Å². The zero-order valence-corrected chi connectivity index (χ0v) is 13.5. The van der Waals surface area contributed by atoms with Gasteiger partial charge in [-0.3, -0.25) is 5.32 Å². The molecule has 0 atom stereocenters. The van der Waals surface area contributed by atoms with Crippen LogP contribution < -0.4 is 5.32 Å². The van der Waals surface area contributed by atoms with Crippen LogP contribution in [0.4, 0.5) is 4.79 Å². The summed E-state index contributed by atoms with van der Waals surface area (Å²) in [4.78, 5) is 22.5. The number of ether oxygens (including phenoxy) is 1. The molecule has 0 fully saturated rings. The van der Waals surface area contributed by atoms with Crippen LogP contribution in [0.1, 0.15) is 72.1 Å². The van der Waals surface area contributed by atoms with E-state index in [2.05, 4.69) is 12.2 Å². The van der Waals surface area contributed by atoms with Gasteiger partial charge in [0.15, 0.2) is 0 Å². The molecule has 0 aliphatic heterocycles. The second kappa shape index (κ2) is 12.2. The minimum atomic E-state index is -1.01. The molecule has 0 radical (unpaired) electrons. The molecular formula is C16H29NO4. The molecule has 0 aromatic rings. The van der Waals surface area contributed by atoms with Crippen molar-refractivity contribution >= 4 is 12.1 Å². The Labute approximate surface area is 127 Å². The quantitative estimate of drug-likeness (QED) is 0.442. The molecule has 0 spiro atoms. The van der Waals surface area contributed by atoms with Gasteiger partial charge in [0.2, 0.25) is 0 Å². The molecule has 0 saturated heterocycles. The smallest absolute Gasteiger partial charge is 0.411 e. The summed E-state index contributed by atoms with van der Waals surface area (Å²) in [6, 6.07) is 0. The topological polar surface area (TPSA) is 75.6 Å². The lowest BCUT2D eigenvalue weighted by Crippen LogP contribution is -2.26. The van der Waals surface area contributed by atoms with E-state index < -0.39 is 12.1 Å². The number of allylic oxidation sites excluding steroid dienone is 1. The van der Waals surface area contributed by atoms with Crippen LogP contribution in [0.5, 0.6) is 0 Å². The van der Waals surface area contributed by atoms with Crippen molar-refractivity contribution < 1.29 is 19.4 Å². The summed E-state index contributed by atoms with van der Waals surface area (Å²) >= 11 is 0. The fraction of sp³-hybridized carbons (Fsp3) is 0.750. The number of carboxylic acids is 1. The molecule has 5 heteroatoms. The number of hydrogen-bond acceptors (Lipinski definition) is 3. The highest BCUT2D eigenvalue weighted by Gasteiger charge is 2.12. The van der Waals surface area contributed by atoms with E-state index in [1.165, 1.54) is 32.6 Å². The van der Waals surface area contributed by atoms with Gasteiger partial charge < -0.3 is 9.84 Å². The zero-order chi connectivity index (χ0) is 16.1. The molecule has 0 aromatic carbocycles. The highest BCUT2D eigenvalue weighted by Crippen LogP contribution is 2.14. The van der Waals surface area contributed by atoms with Gasteiger partial charge in [-0.15, -0.1) is 0 Å². The second-order valence-corrected chi connectivity index (χ2v) is 5.13. The molecule has 0 aliphatic rings. The molecule has 0 bridgehead atoms. The summed E-state index contributed by atoms with van der Waals surface area (Å²) < 4.78 is 4.80. The van der Waals surface area contributed by atoms with Gasteiger partial charge in [-0.25, -0.2) is 9.59 Å². The summed E-state index contributed by atoms with van der Waals surface area (Å²) in [5.74, 6) is -1.01. The second-order valence-electron chi connectivity index (χ2n) is 5.13. The molecule has 2 N–H and O–H groups in total. The van der Waals surface area contributed by atoms with Gasteiger partial charge in [0, 0.05) is 5.70 Å². The predicted molar refractivity (Wildman–Crippen MR) is 83.1 cm³/mol. The average molecular weight is 299 g/mol. The largest absolute Gasteiger partial charge is 0.478 e. The van der Waals surface area contributed by atoms with E-state index in [0.29, 0.717) is 12.1 Å². The molecule has 0 aromatic heterocycles. The van der Waals surface area contributed by atoms with Crippen LogP contribution in [0.2, 0.25) is 0 Å². The van der Waals surface area contributed by atoms with E-state index in [1.54, 1.807) is 6.92 Å². The van der Waals surface area contributed by atoms with Crippen LogP contribution in [-0.4, -0.2) is 23.8 Å². The Hall–Kier alpha value is -1.52. The number of hydrogen-bond donors (Lipinski definition) is 2. The number of amides is 1. The van der Waals surface area contributed by atoms with Crippen LogP contribution in [0, 0.1) is 0 Å². The van der Waals surface area contributed by atoms with Gasteiger partial charge in [0.1, 0.15) is 0 Å². The Morgan fingerprint density at radius 2 is 1.57 bits per heavy atom. The number of aliphatic carboxylic acids is 1. The third kappa shape index (κ3) is 9.93. The molecule has 0 unspecified atom stereocenters. The summed E-state index contributed by atoms with van der Waals surface area (Å²) in [5, 5.41) is 11.6. The predicted octanol–water partition coefficient (Wildman–Crippen LogP) is 4.23.